The molecule has 1 aromatic carbocycles. The van der Waals surface area contributed by atoms with E-state index in [0.29, 0.717) is 24.8 Å². The third-order valence-corrected chi connectivity index (χ3v) is 3.69. The normalized spacial score (nSPS) is 11.3. The summed E-state index contributed by atoms with van der Waals surface area (Å²) in [6, 6.07) is 5.71. The van der Waals surface area contributed by atoms with Crippen molar-refractivity contribution in [1.82, 2.24) is 9.97 Å². The first-order chi connectivity index (χ1) is 12.8. The lowest BCUT2D eigenvalue weighted by molar-refractivity contribution is -0.384. The van der Waals surface area contributed by atoms with Crippen LogP contribution in [-0.4, -0.2) is 28.0 Å². The highest BCUT2D eigenvalue weighted by Crippen LogP contribution is 2.36. The van der Waals surface area contributed by atoms with Crippen molar-refractivity contribution in [3.8, 4) is 5.88 Å². The predicted molar refractivity (Wildman–Crippen MR) is 93.2 cm³/mol. The Morgan fingerprint density at radius 2 is 2.04 bits per heavy atom. The first-order valence-corrected chi connectivity index (χ1v) is 8.37. The van der Waals surface area contributed by atoms with Crippen LogP contribution in [0.2, 0.25) is 0 Å². The number of benzene rings is 1. The SMILES string of the molecule is CCCCOc1nc(N(CC)c2cccc([N+](=O)[O-])c2)ncc1C(F)(F)F. The Balaban J connectivity index is 2.44. The smallest absolute Gasteiger partial charge is 0.423 e. The Labute approximate surface area is 154 Å². The standard InChI is InChI=1S/C17H19F3N4O3/c1-3-5-9-27-15-14(17(18,19)20)11-21-16(22-15)23(4-2)12-7-6-8-13(10-12)24(25)26/h6-8,10-11H,3-5,9H2,1-2H3. The summed E-state index contributed by atoms with van der Waals surface area (Å²) in [7, 11) is 0. The van der Waals surface area contributed by atoms with Gasteiger partial charge in [0.05, 0.1) is 17.2 Å². The van der Waals surface area contributed by atoms with Crippen molar-refractivity contribution in [2.24, 2.45) is 0 Å². The number of halogens is 3. The molecule has 10 heteroatoms. The molecular weight excluding hydrogens is 365 g/mol. The fourth-order valence-electron chi connectivity index (χ4n) is 2.32. The van der Waals surface area contributed by atoms with Crippen LogP contribution in [0.4, 0.5) is 30.5 Å². The molecule has 0 radical (unpaired) electrons. The zero-order valence-electron chi connectivity index (χ0n) is 14.9. The van der Waals surface area contributed by atoms with E-state index in [1.54, 1.807) is 13.0 Å². The second kappa shape index (κ2) is 8.65. The van der Waals surface area contributed by atoms with Gasteiger partial charge in [0.25, 0.3) is 5.69 Å². The summed E-state index contributed by atoms with van der Waals surface area (Å²) in [5.41, 5.74) is -0.805. The molecule has 1 heterocycles. The van der Waals surface area contributed by atoms with Crippen molar-refractivity contribution < 1.29 is 22.8 Å². The Morgan fingerprint density at radius 1 is 1.30 bits per heavy atom. The number of anilines is 2. The summed E-state index contributed by atoms with van der Waals surface area (Å²) in [5, 5.41) is 11.0. The number of hydrogen-bond acceptors (Lipinski definition) is 6. The van der Waals surface area contributed by atoms with E-state index in [0.717, 1.165) is 6.42 Å². The van der Waals surface area contributed by atoms with E-state index in [2.05, 4.69) is 9.97 Å². The maximum atomic E-state index is 13.2. The minimum absolute atomic E-state index is 0.0301. The summed E-state index contributed by atoms with van der Waals surface area (Å²) < 4.78 is 44.8. The lowest BCUT2D eigenvalue weighted by Crippen LogP contribution is -2.21. The number of non-ortho nitro benzene ring substituents is 1. The number of rotatable bonds is 8. The highest BCUT2D eigenvalue weighted by atomic mass is 19.4. The van der Waals surface area contributed by atoms with Crippen LogP contribution in [-0.2, 0) is 6.18 Å². The van der Waals surface area contributed by atoms with E-state index >= 15 is 0 Å². The van der Waals surface area contributed by atoms with Crippen LogP contribution in [0.25, 0.3) is 0 Å². The van der Waals surface area contributed by atoms with Gasteiger partial charge in [-0.15, -0.1) is 0 Å². The summed E-state index contributed by atoms with van der Waals surface area (Å²) >= 11 is 0. The van der Waals surface area contributed by atoms with Crippen molar-refractivity contribution in [3.05, 3.63) is 46.1 Å². The highest BCUT2D eigenvalue weighted by Gasteiger charge is 2.36. The molecule has 0 saturated carbocycles. The second-order valence-corrected chi connectivity index (χ2v) is 5.61. The minimum atomic E-state index is -4.65. The van der Waals surface area contributed by atoms with Crippen molar-refractivity contribution in [2.45, 2.75) is 32.9 Å². The molecule has 146 valence electrons. The van der Waals surface area contributed by atoms with Gasteiger partial charge in [0, 0.05) is 24.9 Å². The van der Waals surface area contributed by atoms with Gasteiger partial charge < -0.3 is 9.64 Å². The number of nitro groups is 1. The number of nitro benzene ring substituents is 1. The van der Waals surface area contributed by atoms with E-state index in [1.807, 2.05) is 6.92 Å². The predicted octanol–water partition coefficient (Wildman–Crippen LogP) is 4.74. The van der Waals surface area contributed by atoms with Crippen LogP contribution >= 0.6 is 0 Å². The van der Waals surface area contributed by atoms with Crippen LogP contribution in [0.5, 0.6) is 5.88 Å². The van der Waals surface area contributed by atoms with Gasteiger partial charge in [-0.3, -0.25) is 10.1 Å². The maximum absolute atomic E-state index is 13.2. The van der Waals surface area contributed by atoms with Gasteiger partial charge in [-0.2, -0.15) is 18.2 Å². The number of aromatic nitrogens is 2. The zero-order valence-corrected chi connectivity index (χ0v) is 14.9. The third-order valence-electron chi connectivity index (χ3n) is 3.69. The van der Waals surface area contributed by atoms with Crippen LogP contribution in [0.1, 0.15) is 32.3 Å². The molecule has 1 aromatic heterocycles. The van der Waals surface area contributed by atoms with Gasteiger partial charge in [-0.05, 0) is 19.4 Å². The highest BCUT2D eigenvalue weighted by molar-refractivity contribution is 5.61. The first kappa shape index (κ1) is 20.4. The minimum Gasteiger partial charge on any atom is -0.477 e. The van der Waals surface area contributed by atoms with Gasteiger partial charge in [0.15, 0.2) is 0 Å². The number of hydrogen-bond donors (Lipinski definition) is 0. The molecule has 7 nitrogen and oxygen atoms in total. The maximum Gasteiger partial charge on any atom is 0.423 e. The van der Waals surface area contributed by atoms with Crippen molar-refractivity contribution in [2.75, 3.05) is 18.1 Å². The van der Waals surface area contributed by atoms with Crippen LogP contribution < -0.4 is 9.64 Å². The Bertz CT molecular complexity index is 799. The molecule has 0 fully saturated rings. The largest absolute Gasteiger partial charge is 0.477 e. The number of nitrogens with zero attached hydrogens (tertiary/aromatic N) is 4. The zero-order chi connectivity index (χ0) is 20.0. The van der Waals surface area contributed by atoms with Crippen molar-refractivity contribution in [3.63, 3.8) is 0 Å². The van der Waals surface area contributed by atoms with E-state index in [-0.39, 0.29) is 18.2 Å². The van der Waals surface area contributed by atoms with Crippen LogP contribution in [0.15, 0.2) is 30.5 Å². The van der Waals surface area contributed by atoms with Gasteiger partial charge in [-0.25, -0.2) is 4.98 Å². The lowest BCUT2D eigenvalue weighted by Gasteiger charge is -2.22. The number of ether oxygens (including phenoxy) is 1. The third kappa shape index (κ3) is 5.05. The van der Waals surface area contributed by atoms with E-state index in [4.69, 9.17) is 4.74 Å². The summed E-state index contributed by atoms with van der Waals surface area (Å²) in [4.78, 5) is 19.6. The Morgan fingerprint density at radius 3 is 2.63 bits per heavy atom. The van der Waals surface area contributed by atoms with Gasteiger partial charge in [0.2, 0.25) is 11.8 Å². The number of alkyl halides is 3. The van der Waals surface area contributed by atoms with Gasteiger partial charge >= 0.3 is 6.18 Å². The molecule has 0 aliphatic rings. The quantitative estimate of drug-likeness (QED) is 0.371. The molecule has 27 heavy (non-hydrogen) atoms. The molecular formula is C17H19F3N4O3. The molecule has 0 spiro atoms. The monoisotopic (exact) mass is 384 g/mol. The fourth-order valence-corrected chi connectivity index (χ4v) is 2.32. The van der Waals surface area contributed by atoms with Crippen molar-refractivity contribution >= 4 is 17.3 Å². The summed E-state index contributed by atoms with van der Waals surface area (Å²) in [5.74, 6) is -0.581. The van der Waals surface area contributed by atoms with Crippen LogP contribution in [0, 0.1) is 10.1 Å². The molecule has 0 amide bonds. The topological polar surface area (TPSA) is 81.4 Å². The molecule has 0 saturated heterocycles. The molecule has 0 aliphatic heterocycles. The first-order valence-electron chi connectivity index (χ1n) is 8.37. The molecule has 0 atom stereocenters. The second-order valence-electron chi connectivity index (χ2n) is 5.61. The molecule has 0 unspecified atom stereocenters. The summed E-state index contributed by atoms with van der Waals surface area (Å²) in [6.07, 6.45) is -2.64. The molecule has 0 bridgehead atoms. The van der Waals surface area contributed by atoms with E-state index in [9.17, 15) is 23.3 Å². The molecule has 0 N–H and O–H groups in total. The lowest BCUT2D eigenvalue weighted by atomic mass is 10.2. The van der Waals surface area contributed by atoms with Crippen LogP contribution in [0.3, 0.4) is 0 Å². The summed E-state index contributed by atoms with van der Waals surface area (Å²) in [6.45, 7) is 4.01. The molecule has 2 aromatic rings. The molecule has 0 aliphatic carbocycles. The van der Waals surface area contributed by atoms with E-state index in [1.165, 1.54) is 23.1 Å². The Hall–Kier alpha value is -2.91. The van der Waals surface area contributed by atoms with Gasteiger partial charge in [-0.1, -0.05) is 19.4 Å². The molecule has 2 rings (SSSR count). The van der Waals surface area contributed by atoms with E-state index < -0.39 is 22.5 Å². The average Bonchev–Trinajstić information content (AvgIpc) is 2.62. The number of unbranched alkanes of at least 4 members (excludes halogenated alkanes) is 1. The van der Waals surface area contributed by atoms with Crippen molar-refractivity contribution in [1.29, 1.82) is 0 Å². The Kier molecular flexibility index (Phi) is 6.54. The van der Waals surface area contributed by atoms with Gasteiger partial charge in [0.1, 0.15) is 5.56 Å². The fraction of sp³-hybridized carbons (Fsp3) is 0.412. The average molecular weight is 384 g/mol.